The first kappa shape index (κ1) is 21.2. The number of nitriles is 2. The summed E-state index contributed by atoms with van der Waals surface area (Å²) >= 11 is 1.05. The fourth-order valence-electron chi connectivity index (χ4n) is 2.80. The Bertz CT molecular complexity index is 953. The van der Waals surface area contributed by atoms with Gasteiger partial charge in [0.1, 0.15) is 5.92 Å². The molecule has 1 heterocycles. The number of Topliss-reactive ketones (excluding diaryl/α,β-unsaturated/α-hetero) is 1. The second kappa shape index (κ2) is 8.28. The summed E-state index contributed by atoms with van der Waals surface area (Å²) in [5.41, 5.74) is 0.274. The molecule has 1 aromatic carbocycles. The van der Waals surface area contributed by atoms with Crippen LogP contribution in [0.5, 0.6) is 0 Å². The van der Waals surface area contributed by atoms with E-state index in [2.05, 4.69) is 16.7 Å². The number of allylic oxidation sites excluding steroid dienone is 1. The summed E-state index contributed by atoms with van der Waals surface area (Å²) in [6.45, 7) is 6.41. The van der Waals surface area contributed by atoms with E-state index in [1.54, 1.807) is 45.0 Å². The van der Waals surface area contributed by atoms with Gasteiger partial charge in [-0.25, -0.2) is 0 Å². The van der Waals surface area contributed by atoms with Gasteiger partial charge in [0.2, 0.25) is 11.8 Å². The van der Waals surface area contributed by atoms with Crippen LogP contribution in [0.15, 0.2) is 34.9 Å². The maximum atomic E-state index is 12.5. The van der Waals surface area contributed by atoms with E-state index >= 15 is 0 Å². The van der Waals surface area contributed by atoms with E-state index in [4.69, 9.17) is 0 Å². The van der Waals surface area contributed by atoms with Crippen LogP contribution in [-0.4, -0.2) is 22.8 Å². The Labute approximate surface area is 167 Å². The van der Waals surface area contributed by atoms with Crippen LogP contribution < -0.4 is 10.6 Å². The Morgan fingerprint density at radius 1 is 1.32 bits per heavy atom. The number of hydrogen-bond acceptors (Lipinski definition) is 6. The number of nitrogens with zero attached hydrogens (tertiary/aromatic N) is 2. The third kappa shape index (κ3) is 4.24. The van der Waals surface area contributed by atoms with Crippen molar-refractivity contribution in [2.24, 2.45) is 11.3 Å². The van der Waals surface area contributed by atoms with Crippen LogP contribution in [0.2, 0.25) is 0 Å². The van der Waals surface area contributed by atoms with Gasteiger partial charge in [-0.3, -0.25) is 14.4 Å². The van der Waals surface area contributed by atoms with Gasteiger partial charge in [-0.1, -0.05) is 37.7 Å². The molecule has 1 aliphatic heterocycles. The second-order valence-corrected chi connectivity index (χ2v) is 8.33. The van der Waals surface area contributed by atoms with Gasteiger partial charge in [0.15, 0.2) is 5.78 Å². The van der Waals surface area contributed by atoms with Crippen molar-refractivity contribution in [1.82, 2.24) is 5.32 Å². The number of carbonyl (C=O) groups excluding carboxylic acids is 3. The smallest absolute Gasteiger partial charge is 0.243 e. The van der Waals surface area contributed by atoms with Crippen molar-refractivity contribution in [2.45, 2.75) is 32.9 Å². The van der Waals surface area contributed by atoms with Crippen molar-refractivity contribution in [3.05, 3.63) is 40.4 Å². The molecule has 1 aliphatic rings. The van der Waals surface area contributed by atoms with Crippen LogP contribution in [-0.2, 0) is 9.59 Å². The van der Waals surface area contributed by atoms with Crippen molar-refractivity contribution in [3.8, 4) is 12.1 Å². The van der Waals surface area contributed by atoms with Crippen LogP contribution in [0.25, 0.3) is 0 Å². The molecular formula is C20H20N4O3S. The van der Waals surface area contributed by atoms with Crippen molar-refractivity contribution in [1.29, 1.82) is 10.5 Å². The van der Waals surface area contributed by atoms with Gasteiger partial charge in [0.05, 0.1) is 28.0 Å². The summed E-state index contributed by atoms with van der Waals surface area (Å²) in [4.78, 5) is 36.2. The number of carbonyl (C=O) groups is 3. The normalized spacial score (nSPS) is 19.1. The van der Waals surface area contributed by atoms with Crippen LogP contribution in [0.4, 0.5) is 5.69 Å². The molecule has 7 nitrogen and oxygen atoms in total. The van der Waals surface area contributed by atoms with Gasteiger partial charge in [-0.2, -0.15) is 10.5 Å². The lowest BCUT2D eigenvalue weighted by molar-refractivity contribution is -0.125. The van der Waals surface area contributed by atoms with Gasteiger partial charge in [-0.05, 0) is 26.0 Å². The van der Waals surface area contributed by atoms with Crippen molar-refractivity contribution >= 4 is 35.0 Å². The number of hydrogen-bond donors (Lipinski definition) is 2. The predicted octanol–water partition coefficient (Wildman–Crippen LogP) is 2.98. The van der Waals surface area contributed by atoms with Crippen LogP contribution in [0.3, 0.4) is 0 Å². The lowest BCUT2D eigenvalue weighted by Crippen LogP contribution is -2.45. The number of amides is 2. The first-order valence-corrected chi connectivity index (χ1v) is 9.43. The van der Waals surface area contributed by atoms with Crippen molar-refractivity contribution in [3.63, 3.8) is 0 Å². The molecule has 0 fully saturated rings. The maximum absolute atomic E-state index is 12.5. The van der Waals surface area contributed by atoms with Gasteiger partial charge in [0.25, 0.3) is 0 Å². The minimum absolute atomic E-state index is 0.110. The molecule has 0 unspecified atom stereocenters. The highest BCUT2D eigenvalue weighted by molar-refractivity contribution is 8.04. The van der Waals surface area contributed by atoms with E-state index < -0.39 is 22.5 Å². The number of anilines is 1. The quantitative estimate of drug-likeness (QED) is 0.738. The molecule has 0 saturated heterocycles. The van der Waals surface area contributed by atoms with Crippen molar-refractivity contribution in [2.75, 3.05) is 5.32 Å². The molecule has 0 bridgehead atoms. The molecule has 2 rings (SSSR count). The monoisotopic (exact) mass is 396 g/mol. The first-order valence-electron chi connectivity index (χ1n) is 8.55. The lowest BCUT2D eigenvalue weighted by atomic mass is 9.72. The number of nitrogens with one attached hydrogen (secondary N) is 2. The molecule has 0 saturated carbocycles. The average molecular weight is 396 g/mol. The highest BCUT2D eigenvalue weighted by atomic mass is 32.2. The van der Waals surface area contributed by atoms with E-state index in [-0.39, 0.29) is 22.3 Å². The molecule has 0 spiro atoms. The largest absolute Gasteiger partial charge is 0.325 e. The van der Waals surface area contributed by atoms with Crippen molar-refractivity contribution < 1.29 is 14.4 Å². The molecule has 28 heavy (non-hydrogen) atoms. The Balaban J connectivity index is 2.21. The summed E-state index contributed by atoms with van der Waals surface area (Å²) in [6, 6.07) is 10.6. The molecule has 0 radical (unpaired) electrons. The summed E-state index contributed by atoms with van der Waals surface area (Å²) in [5.74, 6) is -1.92. The fourth-order valence-corrected chi connectivity index (χ4v) is 3.91. The van der Waals surface area contributed by atoms with E-state index in [9.17, 15) is 24.9 Å². The summed E-state index contributed by atoms with van der Waals surface area (Å²) in [7, 11) is 0. The van der Waals surface area contributed by atoms with Gasteiger partial charge >= 0.3 is 0 Å². The maximum Gasteiger partial charge on any atom is 0.243 e. The third-order valence-corrected chi connectivity index (χ3v) is 5.64. The lowest BCUT2D eigenvalue weighted by Gasteiger charge is -2.35. The predicted molar refractivity (Wildman–Crippen MR) is 106 cm³/mol. The third-order valence-electron chi connectivity index (χ3n) is 4.53. The zero-order chi connectivity index (χ0) is 21.1. The summed E-state index contributed by atoms with van der Waals surface area (Å²) in [5, 5.41) is 23.8. The van der Waals surface area contributed by atoms with E-state index in [1.165, 1.54) is 6.92 Å². The average Bonchev–Trinajstić information content (AvgIpc) is 2.61. The molecule has 0 aromatic heterocycles. The molecule has 2 amide bonds. The van der Waals surface area contributed by atoms with Gasteiger partial charge in [0, 0.05) is 16.7 Å². The number of ketones is 1. The van der Waals surface area contributed by atoms with E-state index in [0.717, 1.165) is 11.8 Å². The molecule has 8 heteroatoms. The van der Waals surface area contributed by atoms with E-state index in [0.29, 0.717) is 11.3 Å². The number of rotatable bonds is 5. The minimum atomic E-state index is -0.982. The van der Waals surface area contributed by atoms with E-state index in [1.807, 2.05) is 6.07 Å². The highest BCUT2D eigenvalue weighted by Gasteiger charge is 2.45. The second-order valence-electron chi connectivity index (χ2n) is 6.98. The van der Waals surface area contributed by atoms with Crippen LogP contribution in [0, 0.1) is 34.0 Å². The molecule has 1 aromatic rings. The summed E-state index contributed by atoms with van der Waals surface area (Å²) in [6.07, 6.45) is 0. The van der Waals surface area contributed by atoms with Crippen LogP contribution >= 0.6 is 11.8 Å². The Kier molecular flexibility index (Phi) is 6.27. The molecular weight excluding hydrogens is 376 g/mol. The zero-order valence-electron chi connectivity index (χ0n) is 16.0. The Morgan fingerprint density at radius 3 is 2.57 bits per heavy atom. The topological polar surface area (TPSA) is 123 Å². The SMILES string of the molecule is CC(=O)c1cccc(NC(=O)[C@@H](C)SC2=C(C#N)C(C)(C)[C@H](C#N)C(=O)N2)c1. The Morgan fingerprint density at radius 2 is 2.00 bits per heavy atom. The molecule has 2 atom stereocenters. The number of thioether (sulfide) groups is 1. The summed E-state index contributed by atoms with van der Waals surface area (Å²) < 4.78 is 0. The molecule has 2 N–H and O–H groups in total. The Hall–Kier alpha value is -3.10. The van der Waals surface area contributed by atoms with Gasteiger partial charge in [-0.15, -0.1) is 0 Å². The standard InChI is InChI=1S/C20H20N4O3S/c1-11(25)13-6-5-7-14(8-13)23-17(26)12(2)28-19-16(10-22)20(3,4)15(9-21)18(27)24-19/h5-8,12,15H,1-4H3,(H,23,26)(H,24,27)/t12-,15-/m1/s1. The molecule has 0 aliphatic carbocycles. The van der Waals surface area contributed by atoms with Gasteiger partial charge < -0.3 is 10.6 Å². The first-order chi connectivity index (χ1) is 13.1. The fraction of sp³-hybridized carbons (Fsp3) is 0.350. The number of benzene rings is 1. The zero-order valence-corrected chi connectivity index (χ0v) is 16.8. The minimum Gasteiger partial charge on any atom is -0.325 e. The molecule has 144 valence electrons. The highest BCUT2D eigenvalue weighted by Crippen LogP contribution is 2.42. The van der Waals surface area contributed by atoms with Crippen LogP contribution in [0.1, 0.15) is 38.1 Å².